The zero-order chi connectivity index (χ0) is 28.8. The van der Waals surface area contributed by atoms with E-state index >= 15 is 0 Å². The summed E-state index contributed by atoms with van der Waals surface area (Å²) >= 11 is 2.40. The van der Waals surface area contributed by atoms with E-state index in [1.54, 1.807) is 23.6 Å². The second kappa shape index (κ2) is 12.9. The molecule has 11 heteroatoms. The highest BCUT2D eigenvalue weighted by atomic mass is 32.2. The summed E-state index contributed by atoms with van der Waals surface area (Å²) in [5.41, 5.74) is 3.57. The van der Waals surface area contributed by atoms with Gasteiger partial charge >= 0.3 is 5.97 Å². The molecule has 0 aliphatic carbocycles. The van der Waals surface area contributed by atoms with E-state index in [1.807, 2.05) is 37.5 Å². The van der Waals surface area contributed by atoms with Gasteiger partial charge in [-0.3, -0.25) is 9.36 Å². The number of hydrogen-bond donors (Lipinski definition) is 1. The van der Waals surface area contributed by atoms with Gasteiger partial charge in [0.15, 0.2) is 17.1 Å². The van der Waals surface area contributed by atoms with Crippen molar-refractivity contribution in [2.45, 2.75) is 38.6 Å². The summed E-state index contributed by atoms with van der Waals surface area (Å²) in [5.74, 6) is 0.0676. The van der Waals surface area contributed by atoms with E-state index in [2.05, 4.69) is 28.2 Å². The van der Waals surface area contributed by atoms with E-state index in [4.69, 9.17) is 9.47 Å². The summed E-state index contributed by atoms with van der Waals surface area (Å²) < 4.78 is 26.4. The molecule has 0 spiro atoms. The van der Waals surface area contributed by atoms with E-state index in [0.29, 0.717) is 33.7 Å². The van der Waals surface area contributed by atoms with Gasteiger partial charge in [-0.1, -0.05) is 47.7 Å². The SMILES string of the molecule is C=CCn1c(SCC(=O)Nc2scc(-c3ccc(F)cc3)c2C(=O)OC)nnc1C(C)Oc1ccc(C)cc1C. The van der Waals surface area contributed by atoms with Crippen molar-refractivity contribution < 1.29 is 23.5 Å². The summed E-state index contributed by atoms with van der Waals surface area (Å²) in [4.78, 5) is 25.5. The molecule has 0 saturated carbocycles. The number of nitrogens with zero attached hydrogens (tertiary/aromatic N) is 3. The first kappa shape index (κ1) is 29.0. The number of amides is 1. The van der Waals surface area contributed by atoms with Crippen molar-refractivity contribution in [3.05, 3.63) is 88.8 Å². The van der Waals surface area contributed by atoms with Crippen molar-refractivity contribution >= 4 is 40.0 Å². The maximum absolute atomic E-state index is 13.4. The highest BCUT2D eigenvalue weighted by Gasteiger charge is 2.24. The topological polar surface area (TPSA) is 95.3 Å². The summed E-state index contributed by atoms with van der Waals surface area (Å²) in [5, 5.41) is 14.0. The average Bonchev–Trinajstić information content (AvgIpc) is 3.53. The Hall–Kier alpha value is -3.96. The minimum absolute atomic E-state index is 0.0198. The first-order valence-corrected chi connectivity index (χ1v) is 14.2. The van der Waals surface area contributed by atoms with Crippen LogP contribution in [-0.4, -0.2) is 39.5 Å². The number of thioether (sulfide) groups is 1. The van der Waals surface area contributed by atoms with Gasteiger partial charge in [-0.25, -0.2) is 9.18 Å². The van der Waals surface area contributed by atoms with Crippen LogP contribution < -0.4 is 10.1 Å². The molecule has 40 heavy (non-hydrogen) atoms. The number of thiophene rings is 1. The maximum atomic E-state index is 13.4. The molecule has 0 aliphatic heterocycles. The number of benzene rings is 2. The fourth-order valence-corrected chi connectivity index (χ4v) is 5.80. The largest absolute Gasteiger partial charge is 0.482 e. The number of halogens is 1. The summed E-state index contributed by atoms with van der Waals surface area (Å²) in [6.45, 7) is 10.2. The van der Waals surface area contributed by atoms with Gasteiger partial charge in [-0.15, -0.1) is 28.1 Å². The Labute approximate surface area is 240 Å². The number of nitrogens with one attached hydrogen (secondary N) is 1. The molecule has 0 fully saturated rings. The number of aryl methyl sites for hydroxylation is 2. The van der Waals surface area contributed by atoms with Crippen LogP contribution >= 0.6 is 23.1 Å². The number of carbonyl (C=O) groups excluding carboxylic acids is 2. The third-order valence-corrected chi connectivity index (χ3v) is 7.84. The number of carbonyl (C=O) groups is 2. The second-order valence-electron chi connectivity index (χ2n) is 8.96. The number of methoxy groups -OCH3 is 1. The number of aromatic nitrogens is 3. The molecule has 0 aliphatic rings. The van der Waals surface area contributed by atoms with Crippen LogP contribution in [0, 0.1) is 19.7 Å². The zero-order valence-electron chi connectivity index (χ0n) is 22.6. The molecule has 1 N–H and O–H groups in total. The predicted molar refractivity (Wildman–Crippen MR) is 156 cm³/mol. The smallest absolute Gasteiger partial charge is 0.341 e. The quantitative estimate of drug-likeness (QED) is 0.121. The monoisotopic (exact) mass is 580 g/mol. The van der Waals surface area contributed by atoms with E-state index < -0.39 is 12.1 Å². The van der Waals surface area contributed by atoms with Crippen molar-refractivity contribution in [3.63, 3.8) is 0 Å². The van der Waals surface area contributed by atoms with Gasteiger partial charge in [0, 0.05) is 17.5 Å². The fraction of sp³-hybridized carbons (Fsp3) is 0.241. The summed E-state index contributed by atoms with van der Waals surface area (Å²) in [6.07, 6.45) is 1.34. The van der Waals surface area contributed by atoms with Crippen LogP contribution in [0.2, 0.25) is 0 Å². The van der Waals surface area contributed by atoms with Gasteiger partial charge in [0.2, 0.25) is 5.91 Å². The van der Waals surface area contributed by atoms with Gasteiger partial charge in [0.05, 0.1) is 12.9 Å². The Bertz CT molecular complexity index is 1530. The first-order valence-electron chi connectivity index (χ1n) is 12.4. The van der Waals surface area contributed by atoms with Gasteiger partial charge < -0.3 is 14.8 Å². The number of ether oxygens (including phenoxy) is 2. The third kappa shape index (κ3) is 6.60. The average molecular weight is 581 g/mol. The molecule has 208 valence electrons. The molecule has 4 rings (SSSR count). The van der Waals surface area contributed by atoms with E-state index in [9.17, 15) is 14.0 Å². The standard InChI is InChI=1S/C29H29FN4O4S2/c1-6-13-34-26(19(4)38-23-12-7-17(2)14-18(23)3)32-33-29(34)40-16-24(35)31-27-25(28(36)37-5)22(15-39-27)20-8-10-21(30)11-9-20/h6-12,14-15,19H,1,13,16H2,2-5H3,(H,31,35). The van der Waals surface area contributed by atoms with Crippen molar-refractivity contribution in [1.29, 1.82) is 0 Å². The zero-order valence-corrected chi connectivity index (χ0v) is 24.2. The fourth-order valence-electron chi connectivity index (χ4n) is 4.07. The first-order chi connectivity index (χ1) is 19.2. The lowest BCUT2D eigenvalue weighted by molar-refractivity contribution is -0.113. The number of esters is 1. The molecule has 1 atom stereocenters. The number of rotatable bonds is 11. The Kier molecular flexibility index (Phi) is 9.38. The Morgan fingerprint density at radius 2 is 1.95 bits per heavy atom. The number of allylic oxidation sites excluding steroid dienone is 1. The number of anilines is 1. The van der Waals surface area contributed by atoms with Crippen molar-refractivity contribution in [2.24, 2.45) is 0 Å². The Morgan fingerprint density at radius 3 is 2.62 bits per heavy atom. The lowest BCUT2D eigenvalue weighted by Crippen LogP contribution is -2.17. The molecule has 2 aromatic heterocycles. The van der Waals surface area contributed by atoms with Crippen molar-refractivity contribution in [3.8, 4) is 16.9 Å². The van der Waals surface area contributed by atoms with Crippen molar-refractivity contribution in [2.75, 3.05) is 18.2 Å². The molecule has 0 radical (unpaired) electrons. The lowest BCUT2D eigenvalue weighted by Gasteiger charge is -2.17. The lowest BCUT2D eigenvalue weighted by atomic mass is 10.0. The molecule has 0 bridgehead atoms. The predicted octanol–water partition coefficient (Wildman–Crippen LogP) is 6.61. The Morgan fingerprint density at radius 1 is 1.20 bits per heavy atom. The van der Waals surface area contributed by atoms with E-state index in [1.165, 1.54) is 42.3 Å². The third-order valence-electron chi connectivity index (χ3n) is 5.98. The summed E-state index contributed by atoms with van der Waals surface area (Å²) in [7, 11) is 1.27. The van der Waals surface area contributed by atoms with Crippen LogP contribution in [0.25, 0.3) is 11.1 Å². The second-order valence-corrected chi connectivity index (χ2v) is 10.8. The van der Waals surface area contributed by atoms with Gasteiger partial charge in [-0.2, -0.15) is 0 Å². The molecule has 4 aromatic rings. The molecule has 1 amide bonds. The molecule has 2 heterocycles. The highest BCUT2D eigenvalue weighted by molar-refractivity contribution is 7.99. The molecule has 1 unspecified atom stereocenters. The maximum Gasteiger partial charge on any atom is 0.341 e. The molecule has 2 aromatic carbocycles. The van der Waals surface area contributed by atoms with Crippen LogP contribution in [0.1, 0.15) is 40.3 Å². The normalized spacial score (nSPS) is 11.6. The van der Waals surface area contributed by atoms with Crippen molar-refractivity contribution in [1.82, 2.24) is 14.8 Å². The minimum atomic E-state index is -0.600. The highest BCUT2D eigenvalue weighted by Crippen LogP contribution is 2.36. The van der Waals surface area contributed by atoms with E-state index in [0.717, 1.165) is 16.9 Å². The van der Waals surface area contributed by atoms with E-state index in [-0.39, 0.29) is 23.0 Å². The number of hydrogen-bond acceptors (Lipinski definition) is 8. The Balaban J connectivity index is 1.48. The van der Waals surface area contributed by atoms with Crippen LogP contribution in [0.4, 0.5) is 9.39 Å². The van der Waals surface area contributed by atoms with Crippen LogP contribution in [0.5, 0.6) is 5.75 Å². The van der Waals surface area contributed by atoms with Crippen LogP contribution in [0.15, 0.2) is 65.7 Å². The van der Waals surface area contributed by atoms with Gasteiger partial charge in [0.1, 0.15) is 22.1 Å². The molecular formula is C29H29FN4O4S2. The molecule has 8 nitrogen and oxygen atoms in total. The molecular weight excluding hydrogens is 551 g/mol. The van der Waals surface area contributed by atoms with Gasteiger partial charge in [-0.05, 0) is 50.1 Å². The van der Waals surface area contributed by atoms with Gasteiger partial charge in [0.25, 0.3) is 0 Å². The summed E-state index contributed by atoms with van der Waals surface area (Å²) in [6, 6.07) is 11.7. The minimum Gasteiger partial charge on any atom is -0.482 e. The molecule has 0 saturated heterocycles. The van der Waals surface area contributed by atoms with Crippen LogP contribution in [-0.2, 0) is 16.1 Å². The van der Waals surface area contributed by atoms with Crippen LogP contribution in [0.3, 0.4) is 0 Å².